The number of hydrogen-bond acceptors (Lipinski definition) is 5. The average molecular weight is 267 g/mol. The highest BCUT2D eigenvalue weighted by Crippen LogP contribution is 2.12. The summed E-state index contributed by atoms with van der Waals surface area (Å²) in [4.78, 5) is 27.7. The largest absolute Gasteiger partial charge is 0.383 e. The lowest BCUT2D eigenvalue weighted by atomic mass is 10.3. The number of H-pyrrole nitrogens is 1. The minimum Gasteiger partial charge on any atom is -0.383 e. The Kier molecular flexibility index (Phi) is 3.94. The van der Waals surface area contributed by atoms with Crippen molar-refractivity contribution < 1.29 is 0 Å². The normalized spacial score (nSPS) is 17.6. The van der Waals surface area contributed by atoms with E-state index < -0.39 is 11.2 Å². The molecule has 7 heteroatoms. The van der Waals surface area contributed by atoms with Gasteiger partial charge in [-0.25, -0.2) is 4.79 Å². The third-order valence-corrected chi connectivity index (χ3v) is 3.49. The smallest absolute Gasteiger partial charge is 0.329 e. The van der Waals surface area contributed by atoms with Crippen molar-refractivity contribution in [3.05, 3.63) is 20.8 Å². The van der Waals surface area contributed by atoms with Gasteiger partial charge in [-0.05, 0) is 32.9 Å². The highest BCUT2D eigenvalue weighted by molar-refractivity contribution is 5.60. The molecule has 1 aliphatic heterocycles. The first-order valence-corrected chi connectivity index (χ1v) is 6.56. The molecule has 106 valence electrons. The molecule has 1 atom stereocenters. The summed E-state index contributed by atoms with van der Waals surface area (Å²) in [6, 6.07) is 0.0963. The van der Waals surface area contributed by atoms with Crippen molar-refractivity contribution in [2.75, 3.05) is 30.7 Å². The van der Waals surface area contributed by atoms with Crippen LogP contribution in [-0.4, -0.2) is 40.1 Å². The first-order valence-electron chi connectivity index (χ1n) is 6.56. The first kappa shape index (κ1) is 13.7. The van der Waals surface area contributed by atoms with E-state index in [0.29, 0.717) is 0 Å². The fraction of sp³-hybridized carbons (Fsp3) is 0.667. The van der Waals surface area contributed by atoms with Crippen molar-refractivity contribution >= 4 is 11.5 Å². The van der Waals surface area contributed by atoms with Crippen LogP contribution < -0.4 is 22.3 Å². The molecule has 0 bridgehead atoms. The lowest BCUT2D eigenvalue weighted by molar-refractivity contribution is 0.328. The molecule has 0 amide bonds. The van der Waals surface area contributed by atoms with Crippen LogP contribution in [0.5, 0.6) is 0 Å². The van der Waals surface area contributed by atoms with Crippen LogP contribution >= 0.6 is 0 Å². The summed E-state index contributed by atoms with van der Waals surface area (Å²) < 4.78 is 1.23. The highest BCUT2D eigenvalue weighted by atomic mass is 16.2. The maximum Gasteiger partial charge on any atom is 0.329 e. The summed E-state index contributed by atoms with van der Waals surface area (Å²) in [7, 11) is 1.53. The zero-order valence-electron chi connectivity index (χ0n) is 11.4. The Balaban J connectivity index is 2.12. The number of aromatic amines is 1. The van der Waals surface area contributed by atoms with Crippen molar-refractivity contribution in [2.45, 2.75) is 25.8 Å². The Morgan fingerprint density at radius 1 is 1.37 bits per heavy atom. The summed E-state index contributed by atoms with van der Waals surface area (Å²) in [5.41, 5.74) is 5.12. The Morgan fingerprint density at radius 3 is 2.63 bits per heavy atom. The number of likely N-dealkylation sites (tertiary alicyclic amines) is 1. The average Bonchev–Trinajstić information content (AvgIpc) is 2.85. The van der Waals surface area contributed by atoms with Crippen molar-refractivity contribution in [1.29, 1.82) is 0 Å². The number of nitrogens with zero attached hydrogens (tertiary/aromatic N) is 2. The monoisotopic (exact) mass is 267 g/mol. The number of anilines is 2. The molecule has 0 aliphatic carbocycles. The van der Waals surface area contributed by atoms with E-state index in [2.05, 4.69) is 15.2 Å². The molecule has 0 aromatic carbocycles. The SMILES string of the molecule is CC(CN1CCCC1)Nc1c(N)n(C)c(=O)[nH]c1=O. The van der Waals surface area contributed by atoms with Gasteiger partial charge in [0.05, 0.1) is 0 Å². The number of nitrogen functional groups attached to an aromatic ring is 1. The zero-order valence-corrected chi connectivity index (χ0v) is 11.4. The minimum atomic E-state index is -0.500. The van der Waals surface area contributed by atoms with Gasteiger partial charge in [-0.15, -0.1) is 0 Å². The van der Waals surface area contributed by atoms with Crippen molar-refractivity contribution in [2.24, 2.45) is 7.05 Å². The number of nitrogens with two attached hydrogens (primary N) is 1. The van der Waals surface area contributed by atoms with Gasteiger partial charge >= 0.3 is 5.69 Å². The van der Waals surface area contributed by atoms with E-state index in [1.807, 2.05) is 6.92 Å². The predicted molar refractivity (Wildman–Crippen MR) is 75.5 cm³/mol. The Hall–Kier alpha value is -1.76. The fourth-order valence-electron chi connectivity index (χ4n) is 2.42. The third kappa shape index (κ3) is 2.98. The van der Waals surface area contributed by atoms with Gasteiger partial charge < -0.3 is 16.0 Å². The molecular weight excluding hydrogens is 246 g/mol. The molecule has 2 rings (SSSR count). The maximum atomic E-state index is 11.8. The van der Waals surface area contributed by atoms with E-state index in [4.69, 9.17) is 5.73 Å². The number of nitrogens with one attached hydrogen (secondary N) is 2. The van der Waals surface area contributed by atoms with Gasteiger partial charge in [0.1, 0.15) is 11.5 Å². The van der Waals surface area contributed by atoms with Gasteiger partial charge in [0.15, 0.2) is 0 Å². The van der Waals surface area contributed by atoms with Crippen LogP contribution in [0, 0.1) is 0 Å². The maximum absolute atomic E-state index is 11.8. The second kappa shape index (κ2) is 5.48. The van der Waals surface area contributed by atoms with Crippen LogP contribution in [-0.2, 0) is 7.05 Å². The van der Waals surface area contributed by atoms with Gasteiger partial charge in [0.25, 0.3) is 5.56 Å². The molecule has 0 spiro atoms. The Labute approximate surface area is 111 Å². The highest BCUT2D eigenvalue weighted by Gasteiger charge is 2.17. The van der Waals surface area contributed by atoms with Gasteiger partial charge in [-0.1, -0.05) is 0 Å². The molecule has 1 aromatic heterocycles. The lowest BCUT2D eigenvalue weighted by Gasteiger charge is -2.22. The summed E-state index contributed by atoms with van der Waals surface area (Å²) in [6.07, 6.45) is 2.46. The standard InChI is InChI=1S/C12H21N5O2/c1-8(7-17-5-3-4-6-17)14-9-10(13)16(2)12(19)15-11(9)18/h8,14H,3-7,13H2,1-2H3,(H,15,18,19). The van der Waals surface area contributed by atoms with E-state index >= 15 is 0 Å². The first-order chi connectivity index (χ1) is 8.99. The summed E-state index contributed by atoms with van der Waals surface area (Å²) in [5.74, 6) is 0.169. The second-order valence-corrected chi connectivity index (χ2v) is 5.13. The number of aromatic nitrogens is 2. The zero-order chi connectivity index (χ0) is 14.0. The minimum absolute atomic E-state index is 0.0963. The van der Waals surface area contributed by atoms with E-state index in [9.17, 15) is 9.59 Å². The summed E-state index contributed by atoms with van der Waals surface area (Å²) in [6.45, 7) is 5.07. The van der Waals surface area contributed by atoms with Gasteiger partial charge in [0, 0.05) is 19.6 Å². The van der Waals surface area contributed by atoms with Crippen LogP contribution in [0.2, 0.25) is 0 Å². The Bertz CT molecular complexity index is 556. The number of hydrogen-bond donors (Lipinski definition) is 3. The summed E-state index contributed by atoms with van der Waals surface area (Å²) >= 11 is 0. The molecule has 1 aliphatic rings. The molecule has 1 saturated heterocycles. The molecule has 2 heterocycles. The second-order valence-electron chi connectivity index (χ2n) is 5.13. The van der Waals surface area contributed by atoms with Crippen LogP contribution in [0.15, 0.2) is 9.59 Å². The molecule has 0 saturated carbocycles. The lowest BCUT2D eigenvalue weighted by Crippen LogP contribution is -2.37. The molecule has 1 aromatic rings. The molecule has 1 unspecified atom stereocenters. The van der Waals surface area contributed by atoms with Crippen LogP contribution in [0.1, 0.15) is 19.8 Å². The van der Waals surface area contributed by atoms with Crippen LogP contribution in [0.25, 0.3) is 0 Å². The van der Waals surface area contributed by atoms with Crippen molar-refractivity contribution in [1.82, 2.24) is 14.5 Å². The van der Waals surface area contributed by atoms with E-state index in [0.717, 1.165) is 19.6 Å². The van der Waals surface area contributed by atoms with Gasteiger partial charge in [-0.2, -0.15) is 0 Å². The van der Waals surface area contributed by atoms with Gasteiger partial charge in [0.2, 0.25) is 0 Å². The summed E-state index contributed by atoms with van der Waals surface area (Å²) in [5, 5.41) is 3.10. The predicted octanol–water partition coefficient (Wildman–Crippen LogP) is -0.448. The van der Waals surface area contributed by atoms with E-state index in [1.165, 1.54) is 24.5 Å². The van der Waals surface area contributed by atoms with E-state index in [-0.39, 0.29) is 17.5 Å². The molecular formula is C12H21N5O2. The number of rotatable bonds is 4. The quantitative estimate of drug-likeness (QED) is 0.687. The van der Waals surface area contributed by atoms with E-state index in [1.54, 1.807) is 0 Å². The van der Waals surface area contributed by atoms with Crippen molar-refractivity contribution in [3.8, 4) is 0 Å². The third-order valence-electron chi connectivity index (χ3n) is 3.49. The molecule has 7 nitrogen and oxygen atoms in total. The van der Waals surface area contributed by atoms with Crippen LogP contribution in [0.4, 0.5) is 11.5 Å². The topological polar surface area (TPSA) is 96.2 Å². The molecule has 19 heavy (non-hydrogen) atoms. The molecule has 4 N–H and O–H groups in total. The Morgan fingerprint density at radius 2 is 2.00 bits per heavy atom. The van der Waals surface area contributed by atoms with Gasteiger partial charge in [-0.3, -0.25) is 14.3 Å². The van der Waals surface area contributed by atoms with Crippen LogP contribution in [0.3, 0.4) is 0 Å². The molecule has 1 fully saturated rings. The van der Waals surface area contributed by atoms with Crippen molar-refractivity contribution in [3.63, 3.8) is 0 Å². The molecule has 0 radical (unpaired) electrons. The fourth-order valence-corrected chi connectivity index (χ4v) is 2.42.